The molecule has 6 aliphatic rings. The molecule has 0 radical (unpaired) electrons. The van der Waals surface area contributed by atoms with E-state index in [0.717, 1.165) is 50.8 Å². The minimum absolute atomic E-state index is 0.0889. The van der Waals surface area contributed by atoms with Crippen molar-refractivity contribution in [3.63, 3.8) is 0 Å². The lowest BCUT2D eigenvalue weighted by atomic mass is 9.43. The maximum atomic E-state index is 5.59. The summed E-state index contributed by atoms with van der Waals surface area (Å²) in [7, 11) is -1.92. The van der Waals surface area contributed by atoms with E-state index in [4.69, 9.17) is 9.97 Å². The van der Waals surface area contributed by atoms with Crippen LogP contribution in [0.15, 0.2) is 146 Å². The molecule has 0 atom stereocenters. The van der Waals surface area contributed by atoms with Crippen LogP contribution in [-0.2, 0) is 5.41 Å². The van der Waals surface area contributed by atoms with Gasteiger partial charge in [0.05, 0.1) is 22.4 Å². The van der Waals surface area contributed by atoms with Gasteiger partial charge in [0.25, 0.3) is 0 Å². The zero-order valence-electron chi connectivity index (χ0n) is 32.6. The second kappa shape index (κ2) is 11.5. The second-order valence-electron chi connectivity index (χ2n) is 18.5. The van der Waals surface area contributed by atoms with Crippen molar-refractivity contribution in [3.05, 3.63) is 157 Å². The number of aromatic nitrogens is 2. The van der Waals surface area contributed by atoms with Crippen LogP contribution in [0, 0.1) is 23.7 Å². The molecular weight excluding hydrogens is 705 g/mol. The highest BCUT2D eigenvalue weighted by Crippen LogP contribution is 2.69. The molecule has 4 fully saturated rings. The van der Waals surface area contributed by atoms with Gasteiger partial charge in [0.15, 0.2) is 0 Å². The Labute approximate surface area is 335 Å². The Morgan fingerprint density at radius 1 is 0.491 bits per heavy atom. The molecule has 2 heterocycles. The molecule has 14 rings (SSSR count). The zero-order valence-corrected chi connectivity index (χ0v) is 33.6. The number of fused-ring (bicyclic) bond motifs is 9. The Morgan fingerprint density at radius 3 is 1.91 bits per heavy atom. The van der Waals surface area contributed by atoms with Crippen molar-refractivity contribution >= 4 is 40.3 Å². The lowest BCUT2D eigenvalue weighted by Crippen LogP contribution is -2.55. The molecule has 0 unspecified atom stereocenters. The molecule has 57 heavy (non-hydrogen) atoms. The van der Waals surface area contributed by atoms with E-state index in [1.165, 1.54) is 70.9 Å². The van der Waals surface area contributed by atoms with Gasteiger partial charge in [0.2, 0.25) is 0 Å². The maximum absolute atomic E-state index is 5.59. The van der Waals surface area contributed by atoms with Crippen LogP contribution in [0.4, 0.5) is 0 Å². The van der Waals surface area contributed by atoms with Crippen LogP contribution in [0.5, 0.6) is 0 Å². The first kappa shape index (κ1) is 32.4. The van der Waals surface area contributed by atoms with Crippen LogP contribution in [0.25, 0.3) is 77.7 Å². The van der Waals surface area contributed by atoms with Gasteiger partial charge in [0.1, 0.15) is 8.07 Å². The van der Waals surface area contributed by atoms with Crippen molar-refractivity contribution in [2.75, 3.05) is 0 Å². The molecule has 4 bridgehead atoms. The number of rotatable bonds is 3. The fraction of sp³-hybridized carbons (Fsp3) is 0.222. The first-order valence-corrected chi connectivity index (χ1v) is 24.3. The Morgan fingerprint density at radius 2 is 1.12 bits per heavy atom. The van der Waals surface area contributed by atoms with Crippen LogP contribution >= 0.6 is 0 Å². The van der Waals surface area contributed by atoms with Crippen molar-refractivity contribution < 1.29 is 0 Å². The molecule has 5 aliphatic carbocycles. The van der Waals surface area contributed by atoms with Gasteiger partial charge in [-0.2, -0.15) is 0 Å². The smallest absolute Gasteiger partial charge is 0.114 e. The third-order valence-corrected chi connectivity index (χ3v) is 19.0. The SMILES string of the molecule is C[Si]1(C)c2ccccc2-c2cccc(-c3ccc4c(c3)-c3cc(-c5nc6c(ccc7ccccc76)nc5-c5ccccc5)ccc3C43C4CC5CC(C4)CC3C5)c21. The molecule has 7 aromatic carbocycles. The van der Waals surface area contributed by atoms with Crippen LogP contribution in [0.3, 0.4) is 0 Å². The molecule has 0 saturated heterocycles. The summed E-state index contributed by atoms with van der Waals surface area (Å²) >= 11 is 0. The number of hydrogen-bond acceptors (Lipinski definition) is 2. The first-order chi connectivity index (χ1) is 28.0. The van der Waals surface area contributed by atoms with Gasteiger partial charge in [-0.15, -0.1) is 0 Å². The van der Waals surface area contributed by atoms with Crippen LogP contribution < -0.4 is 10.4 Å². The molecule has 0 amide bonds. The predicted molar refractivity (Wildman–Crippen MR) is 239 cm³/mol. The molecule has 1 spiro atoms. The highest BCUT2D eigenvalue weighted by Gasteiger charge is 2.61. The average molecular weight is 749 g/mol. The zero-order chi connectivity index (χ0) is 37.6. The Hall–Kier alpha value is -5.64. The third-order valence-electron chi connectivity index (χ3n) is 15.4. The molecule has 0 N–H and O–H groups in total. The molecule has 8 aromatic rings. The van der Waals surface area contributed by atoms with E-state index >= 15 is 0 Å². The standard InChI is InChI=1S/C54H44N2Si/c1-57(2)49-18-9-8-15-42(49)43-17-10-16-41(53(43)57)36-19-22-46-44(30-36)45-31-37(20-23-47(45)54(46)38-26-32-25-33(28-38)29-39(54)27-32)51-50(35-12-4-3-5-13-35)55-48-24-21-34-11-6-7-14-40(34)52(48)56-51/h3-24,30-33,38-39H,25-29H2,1-2H3. The minimum atomic E-state index is -1.92. The normalized spacial score (nSPS) is 24.2. The topological polar surface area (TPSA) is 25.8 Å². The van der Waals surface area contributed by atoms with Gasteiger partial charge in [0, 0.05) is 21.9 Å². The van der Waals surface area contributed by atoms with Gasteiger partial charge >= 0.3 is 0 Å². The van der Waals surface area contributed by atoms with E-state index in [-0.39, 0.29) is 5.41 Å². The average Bonchev–Trinajstić information content (AvgIpc) is 3.67. The van der Waals surface area contributed by atoms with Crippen LogP contribution in [0.1, 0.15) is 43.2 Å². The molecule has 274 valence electrons. The molecule has 1 aliphatic heterocycles. The molecule has 2 nitrogen and oxygen atoms in total. The maximum Gasteiger partial charge on any atom is 0.114 e. The van der Waals surface area contributed by atoms with Crippen LogP contribution in [-0.4, -0.2) is 18.0 Å². The van der Waals surface area contributed by atoms with Gasteiger partial charge in [-0.25, -0.2) is 9.97 Å². The van der Waals surface area contributed by atoms with Crippen LogP contribution in [0.2, 0.25) is 13.1 Å². The summed E-state index contributed by atoms with van der Waals surface area (Å²) in [6.07, 6.45) is 6.96. The van der Waals surface area contributed by atoms with E-state index in [1.807, 2.05) is 0 Å². The molecule has 4 saturated carbocycles. The monoisotopic (exact) mass is 748 g/mol. The van der Waals surface area contributed by atoms with E-state index in [2.05, 4.69) is 159 Å². The lowest BCUT2D eigenvalue weighted by Gasteiger charge is -2.61. The van der Waals surface area contributed by atoms with Crippen molar-refractivity contribution in [3.8, 4) is 55.9 Å². The summed E-state index contributed by atoms with van der Waals surface area (Å²) in [6.45, 7) is 5.11. The molecule has 3 heteroatoms. The fourth-order valence-corrected chi connectivity index (χ4v) is 16.9. The largest absolute Gasteiger partial charge is 0.244 e. The van der Waals surface area contributed by atoms with Crippen molar-refractivity contribution in [2.24, 2.45) is 23.7 Å². The molecule has 1 aromatic heterocycles. The summed E-state index contributed by atoms with van der Waals surface area (Å²) in [5, 5.41) is 5.50. The van der Waals surface area contributed by atoms with Crippen molar-refractivity contribution in [2.45, 2.75) is 50.6 Å². The Balaban J connectivity index is 1.06. The number of nitrogens with zero attached hydrogens (tertiary/aromatic N) is 2. The Kier molecular flexibility index (Phi) is 6.54. The Bertz CT molecular complexity index is 2990. The highest BCUT2D eigenvalue weighted by atomic mass is 28.3. The summed E-state index contributed by atoms with van der Waals surface area (Å²) in [4.78, 5) is 11.0. The summed E-state index contributed by atoms with van der Waals surface area (Å²) in [5.41, 5.74) is 17.8. The van der Waals surface area contributed by atoms with E-state index in [0.29, 0.717) is 11.8 Å². The first-order valence-electron chi connectivity index (χ1n) is 21.3. The quantitative estimate of drug-likeness (QED) is 0.133. The van der Waals surface area contributed by atoms with Gasteiger partial charge < -0.3 is 0 Å². The molecular formula is C54H44N2Si. The lowest BCUT2D eigenvalue weighted by molar-refractivity contribution is -0.0399. The summed E-state index contributed by atoms with van der Waals surface area (Å²) < 4.78 is 0. The van der Waals surface area contributed by atoms with Gasteiger partial charge in [-0.05, 0) is 134 Å². The van der Waals surface area contributed by atoms with Gasteiger partial charge in [-0.1, -0.05) is 140 Å². The second-order valence-corrected chi connectivity index (χ2v) is 22.8. The number of hydrogen-bond donors (Lipinski definition) is 0. The summed E-state index contributed by atoms with van der Waals surface area (Å²) in [5.74, 6) is 3.22. The third kappa shape index (κ3) is 4.31. The fourth-order valence-electron chi connectivity index (χ4n) is 13.4. The van der Waals surface area contributed by atoms with E-state index in [9.17, 15) is 0 Å². The van der Waals surface area contributed by atoms with E-state index < -0.39 is 8.07 Å². The predicted octanol–water partition coefficient (Wildman–Crippen LogP) is 12.3. The summed E-state index contributed by atoms with van der Waals surface area (Å²) in [6, 6.07) is 55.1. The minimum Gasteiger partial charge on any atom is -0.244 e. The van der Waals surface area contributed by atoms with Crippen molar-refractivity contribution in [1.82, 2.24) is 9.97 Å². The highest BCUT2D eigenvalue weighted by molar-refractivity contribution is 7.04. The number of benzene rings is 7. The van der Waals surface area contributed by atoms with E-state index in [1.54, 1.807) is 21.5 Å². The van der Waals surface area contributed by atoms with Gasteiger partial charge in [-0.3, -0.25) is 0 Å². The van der Waals surface area contributed by atoms with Crippen molar-refractivity contribution in [1.29, 1.82) is 0 Å².